The van der Waals surface area contributed by atoms with Crippen molar-refractivity contribution in [2.24, 2.45) is 0 Å². The van der Waals surface area contributed by atoms with Gasteiger partial charge >= 0.3 is 0 Å². The number of aromatic nitrogens is 2. The lowest BCUT2D eigenvalue weighted by Gasteiger charge is -2.22. The summed E-state index contributed by atoms with van der Waals surface area (Å²) in [5.41, 5.74) is 2.40. The van der Waals surface area contributed by atoms with Crippen molar-refractivity contribution < 1.29 is 9.18 Å². The summed E-state index contributed by atoms with van der Waals surface area (Å²) >= 11 is 0. The Labute approximate surface area is 172 Å². The fourth-order valence-electron chi connectivity index (χ4n) is 3.51. The van der Waals surface area contributed by atoms with Crippen LogP contribution in [-0.2, 0) is 6.42 Å². The number of nitrogens with one attached hydrogen (secondary N) is 1. The van der Waals surface area contributed by atoms with Gasteiger partial charge in [-0.25, -0.2) is 14.4 Å². The predicted molar refractivity (Wildman–Crippen MR) is 114 cm³/mol. The number of aryl methyl sites for hydroxylation is 1. The molecule has 5 nitrogen and oxygen atoms in total. The zero-order valence-corrected chi connectivity index (χ0v) is 17.5. The Bertz CT molecular complexity index is 799. The summed E-state index contributed by atoms with van der Waals surface area (Å²) in [6.07, 6.45) is 6.34. The molecule has 0 aliphatic carbocycles. The number of hydrogen-bond acceptors (Lipinski definition) is 4. The molecule has 1 aromatic heterocycles. The lowest BCUT2D eigenvalue weighted by atomic mass is 10.1. The quantitative estimate of drug-likeness (QED) is 0.699. The van der Waals surface area contributed by atoms with Crippen molar-refractivity contribution in [2.45, 2.75) is 58.3 Å². The fraction of sp³-hybridized carbons (Fsp3) is 0.522. The van der Waals surface area contributed by atoms with Gasteiger partial charge in [-0.15, -0.1) is 0 Å². The Balaban J connectivity index is 1.62. The van der Waals surface area contributed by atoms with E-state index < -0.39 is 0 Å². The van der Waals surface area contributed by atoms with Crippen molar-refractivity contribution in [1.82, 2.24) is 15.3 Å². The molecule has 1 N–H and O–H groups in total. The van der Waals surface area contributed by atoms with Crippen LogP contribution in [0.1, 0.15) is 73.6 Å². The first-order chi connectivity index (χ1) is 14.0. The molecule has 0 bridgehead atoms. The second kappa shape index (κ2) is 10.3. The third-order valence-corrected chi connectivity index (χ3v) is 5.29. The van der Waals surface area contributed by atoms with E-state index in [0.717, 1.165) is 50.0 Å². The van der Waals surface area contributed by atoms with Gasteiger partial charge < -0.3 is 10.2 Å². The molecule has 2 aromatic rings. The minimum atomic E-state index is -0.230. The van der Waals surface area contributed by atoms with E-state index in [1.165, 1.54) is 25.0 Å². The zero-order valence-electron chi connectivity index (χ0n) is 17.5. The molecule has 0 radical (unpaired) electrons. The van der Waals surface area contributed by atoms with Gasteiger partial charge in [-0.3, -0.25) is 4.79 Å². The number of carbonyl (C=O) groups is 1. The lowest BCUT2D eigenvalue weighted by molar-refractivity contribution is 0.0948. The van der Waals surface area contributed by atoms with Crippen LogP contribution in [0.5, 0.6) is 0 Å². The van der Waals surface area contributed by atoms with Gasteiger partial charge in [0.1, 0.15) is 11.5 Å². The molecule has 1 amide bonds. The van der Waals surface area contributed by atoms with E-state index in [2.05, 4.69) is 29.0 Å². The molecule has 0 saturated carbocycles. The maximum atomic E-state index is 13.0. The van der Waals surface area contributed by atoms with Crippen LogP contribution < -0.4 is 10.2 Å². The number of benzene rings is 1. The Kier molecular flexibility index (Phi) is 7.55. The van der Waals surface area contributed by atoms with E-state index in [0.29, 0.717) is 18.2 Å². The van der Waals surface area contributed by atoms with Gasteiger partial charge in [0, 0.05) is 25.3 Å². The Hall–Kier alpha value is -2.50. The molecule has 6 heteroatoms. The summed E-state index contributed by atoms with van der Waals surface area (Å²) in [5, 5.41) is 2.97. The van der Waals surface area contributed by atoms with E-state index in [1.807, 2.05) is 0 Å². The molecule has 2 heterocycles. The van der Waals surface area contributed by atoms with Crippen LogP contribution in [0.15, 0.2) is 30.3 Å². The summed E-state index contributed by atoms with van der Waals surface area (Å²) in [5.74, 6) is 0.514. The fourth-order valence-corrected chi connectivity index (χ4v) is 3.51. The van der Waals surface area contributed by atoms with Crippen LogP contribution in [0, 0.1) is 5.82 Å². The average molecular weight is 399 g/mol. The van der Waals surface area contributed by atoms with Crippen molar-refractivity contribution in [3.05, 3.63) is 53.1 Å². The van der Waals surface area contributed by atoms with E-state index in [9.17, 15) is 9.18 Å². The summed E-state index contributed by atoms with van der Waals surface area (Å²) < 4.78 is 13.0. The van der Waals surface area contributed by atoms with Crippen LogP contribution in [0.25, 0.3) is 0 Å². The minimum Gasteiger partial charge on any atom is -0.351 e. The third-order valence-electron chi connectivity index (χ3n) is 5.29. The topological polar surface area (TPSA) is 58.1 Å². The summed E-state index contributed by atoms with van der Waals surface area (Å²) in [4.78, 5) is 24.2. The van der Waals surface area contributed by atoms with E-state index >= 15 is 0 Å². The number of anilines is 1. The largest absolute Gasteiger partial charge is 0.351 e. The molecule has 29 heavy (non-hydrogen) atoms. The highest BCUT2D eigenvalue weighted by Crippen LogP contribution is 2.20. The number of halogens is 1. The van der Waals surface area contributed by atoms with Gasteiger partial charge in [0.05, 0.1) is 0 Å². The SMILES string of the molecule is CC(C)c1cc(C(=O)NCCCc2ccc(F)cc2)nc(N2CCCCCC2)n1. The number of nitrogens with zero attached hydrogens (tertiary/aromatic N) is 3. The first-order valence-electron chi connectivity index (χ1n) is 10.7. The molecule has 1 aromatic carbocycles. The molecular formula is C23H31FN4O. The highest BCUT2D eigenvalue weighted by atomic mass is 19.1. The molecule has 0 spiro atoms. The van der Waals surface area contributed by atoms with Gasteiger partial charge in [0.25, 0.3) is 5.91 Å². The lowest BCUT2D eigenvalue weighted by Crippen LogP contribution is -2.30. The Morgan fingerprint density at radius 3 is 2.45 bits per heavy atom. The number of carbonyl (C=O) groups excluding carboxylic acids is 1. The third kappa shape index (κ3) is 6.24. The Morgan fingerprint density at radius 2 is 1.79 bits per heavy atom. The molecule has 3 rings (SSSR count). The van der Waals surface area contributed by atoms with Crippen molar-refractivity contribution in [3.8, 4) is 0 Å². The predicted octanol–water partition coefficient (Wildman–Crippen LogP) is 4.48. The molecule has 1 aliphatic heterocycles. The van der Waals surface area contributed by atoms with E-state index in [-0.39, 0.29) is 17.6 Å². The second-order valence-corrected chi connectivity index (χ2v) is 8.02. The first kappa shape index (κ1) is 21.2. The van der Waals surface area contributed by atoms with Crippen LogP contribution in [0.4, 0.5) is 10.3 Å². The summed E-state index contributed by atoms with van der Waals surface area (Å²) in [7, 11) is 0. The normalized spacial score (nSPS) is 14.7. The average Bonchev–Trinajstić information content (AvgIpc) is 3.01. The maximum Gasteiger partial charge on any atom is 0.270 e. The second-order valence-electron chi connectivity index (χ2n) is 8.02. The first-order valence-corrected chi connectivity index (χ1v) is 10.7. The van der Waals surface area contributed by atoms with Crippen LogP contribution in [0.3, 0.4) is 0 Å². The van der Waals surface area contributed by atoms with Crippen molar-refractivity contribution in [1.29, 1.82) is 0 Å². The maximum absolute atomic E-state index is 13.0. The van der Waals surface area contributed by atoms with Crippen molar-refractivity contribution in [2.75, 3.05) is 24.5 Å². The smallest absolute Gasteiger partial charge is 0.270 e. The highest BCUT2D eigenvalue weighted by molar-refractivity contribution is 5.92. The van der Waals surface area contributed by atoms with Crippen molar-refractivity contribution >= 4 is 11.9 Å². The number of amides is 1. The minimum absolute atomic E-state index is 0.163. The van der Waals surface area contributed by atoms with Gasteiger partial charge in [0.15, 0.2) is 0 Å². The number of rotatable bonds is 7. The number of hydrogen-bond donors (Lipinski definition) is 1. The van der Waals surface area contributed by atoms with E-state index in [1.54, 1.807) is 18.2 Å². The molecule has 0 unspecified atom stereocenters. The molecular weight excluding hydrogens is 367 g/mol. The highest BCUT2D eigenvalue weighted by Gasteiger charge is 2.18. The molecule has 1 fully saturated rings. The van der Waals surface area contributed by atoms with Gasteiger partial charge in [-0.1, -0.05) is 38.8 Å². The monoisotopic (exact) mass is 398 g/mol. The Morgan fingerprint density at radius 1 is 1.10 bits per heavy atom. The van der Waals surface area contributed by atoms with Gasteiger partial charge in [-0.05, 0) is 55.4 Å². The van der Waals surface area contributed by atoms with Crippen LogP contribution in [-0.4, -0.2) is 35.5 Å². The van der Waals surface area contributed by atoms with Crippen molar-refractivity contribution in [3.63, 3.8) is 0 Å². The molecule has 1 saturated heterocycles. The van der Waals surface area contributed by atoms with Crippen LogP contribution >= 0.6 is 0 Å². The zero-order chi connectivity index (χ0) is 20.6. The standard InChI is InChI=1S/C23H31FN4O/c1-17(2)20-16-21(27-23(26-20)28-14-5-3-4-6-15-28)22(29)25-13-7-8-18-9-11-19(24)12-10-18/h9-12,16-17H,3-8,13-15H2,1-2H3,(H,25,29). The van der Waals surface area contributed by atoms with Gasteiger partial charge in [-0.2, -0.15) is 0 Å². The summed E-state index contributed by atoms with van der Waals surface area (Å²) in [6.45, 7) is 6.61. The van der Waals surface area contributed by atoms with Crippen LogP contribution in [0.2, 0.25) is 0 Å². The molecule has 0 atom stereocenters. The molecule has 156 valence electrons. The van der Waals surface area contributed by atoms with E-state index in [4.69, 9.17) is 4.98 Å². The van der Waals surface area contributed by atoms with Gasteiger partial charge in [0.2, 0.25) is 5.95 Å². The summed E-state index contributed by atoms with van der Waals surface area (Å²) in [6, 6.07) is 8.30. The molecule has 1 aliphatic rings.